The van der Waals surface area contributed by atoms with Crippen molar-refractivity contribution in [3.05, 3.63) is 34.7 Å². The van der Waals surface area contributed by atoms with Gasteiger partial charge >= 0.3 is 5.63 Å². The van der Waals surface area contributed by atoms with Crippen LogP contribution in [0.15, 0.2) is 33.5 Å². The van der Waals surface area contributed by atoms with Gasteiger partial charge in [-0.2, -0.15) is 0 Å². The molecule has 0 saturated heterocycles. The van der Waals surface area contributed by atoms with Crippen LogP contribution in [0.2, 0.25) is 0 Å². The summed E-state index contributed by atoms with van der Waals surface area (Å²) in [4.78, 5) is 22.3. The van der Waals surface area contributed by atoms with Gasteiger partial charge in [-0.3, -0.25) is 4.79 Å². The smallest absolute Gasteiger partial charge is 0.339 e. The minimum absolute atomic E-state index is 0.133. The zero-order chi connectivity index (χ0) is 12.4. The Labute approximate surface area is 96.7 Å². The van der Waals surface area contributed by atoms with Crippen molar-refractivity contribution in [3.63, 3.8) is 0 Å². The number of hydrogen-bond donors (Lipinski definition) is 2. The lowest BCUT2D eigenvalue weighted by Crippen LogP contribution is -2.09. The lowest BCUT2D eigenvalue weighted by Gasteiger charge is -2.05. The molecule has 0 atom stereocenters. The van der Waals surface area contributed by atoms with Crippen LogP contribution in [-0.4, -0.2) is 11.0 Å². The molecule has 2 rings (SSSR count). The van der Waals surface area contributed by atoms with Crippen LogP contribution in [0.5, 0.6) is 5.75 Å². The van der Waals surface area contributed by atoms with Crippen molar-refractivity contribution in [2.75, 3.05) is 5.32 Å². The van der Waals surface area contributed by atoms with E-state index in [1.807, 2.05) is 0 Å². The minimum Gasteiger partial charge on any atom is -0.507 e. The molecule has 0 spiro atoms. The second-order valence-electron chi connectivity index (χ2n) is 3.56. The molecule has 0 unspecified atom stereocenters. The van der Waals surface area contributed by atoms with Crippen molar-refractivity contribution in [2.24, 2.45) is 0 Å². The SMILES string of the molecule is CCC(=O)Nc1ccc2c(O)cc(=O)oc2c1. The van der Waals surface area contributed by atoms with Crippen molar-refractivity contribution in [1.29, 1.82) is 0 Å². The number of rotatable bonds is 2. The Hall–Kier alpha value is -2.30. The first kappa shape index (κ1) is 11.2. The van der Waals surface area contributed by atoms with E-state index >= 15 is 0 Å². The molecule has 0 saturated carbocycles. The minimum atomic E-state index is -0.631. The average Bonchev–Trinajstić information content (AvgIpc) is 2.28. The summed E-state index contributed by atoms with van der Waals surface area (Å²) >= 11 is 0. The van der Waals surface area contributed by atoms with Crippen LogP contribution in [0.25, 0.3) is 11.0 Å². The van der Waals surface area contributed by atoms with E-state index in [1.165, 1.54) is 6.07 Å². The number of aromatic hydroxyl groups is 1. The second kappa shape index (κ2) is 4.29. The highest BCUT2D eigenvalue weighted by Gasteiger charge is 2.06. The molecule has 88 valence electrons. The molecule has 1 aromatic carbocycles. The fourth-order valence-electron chi connectivity index (χ4n) is 1.47. The van der Waals surface area contributed by atoms with Gasteiger partial charge in [0, 0.05) is 18.2 Å². The Balaban J connectivity index is 2.50. The van der Waals surface area contributed by atoms with Gasteiger partial charge < -0.3 is 14.8 Å². The Morgan fingerprint density at radius 3 is 2.88 bits per heavy atom. The summed E-state index contributed by atoms with van der Waals surface area (Å²) in [6.07, 6.45) is 0.363. The quantitative estimate of drug-likeness (QED) is 0.776. The van der Waals surface area contributed by atoms with E-state index in [0.29, 0.717) is 17.5 Å². The van der Waals surface area contributed by atoms with E-state index in [0.717, 1.165) is 6.07 Å². The molecule has 2 aromatic rings. The summed E-state index contributed by atoms with van der Waals surface area (Å²) in [6, 6.07) is 5.73. The monoisotopic (exact) mass is 233 g/mol. The molecule has 1 amide bonds. The topological polar surface area (TPSA) is 79.5 Å². The number of carbonyl (C=O) groups excluding carboxylic acids is 1. The number of carbonyl (C=O) groups is 1. The van der Waals surface area contributed by atoms with Gasteiger partial charge in [0.15, 0.2) is 0 Å². The van der Waals surface area contributed by atoms with Gasteiger partial charge in [-0.1, -0.05) is 6.92 Å². The van der Waals surface area contributed by atoms with Crippen molar-refractivity contribution >= 4 is 22.6 Å². The molecule has 0 fully saturated rings. The molecule has 1 heterocycles. The van der Waals surface area contributed by atoms with Crippen LogP contribution in [0.1, 0.15) is 13.3 Å². The van der Waals surface area contributed by atoms with Crippen molar-refractivity contribution in [1.82, 2.24) is 0 Å². The molecule has 1 aromatic heterocycles. The standard InChI is InChI=1S/C12H11NO4/c1-2-11(15)13-7-3-4-8-9(14)6-12(16)17-10(8)5-7/h3-6,14H,2H2,1H3,(H,13,15). The lowest BCUT2D eigenvalue weighted by atomic mass is 10.2. The van der Waals surface area contributed by atoms with Gasteiger partial charge in [0.2, 0.25) is 5.91 Å². The normalized spacial score (nSPS) is 10.4. The molecular weight excluding hydrogens is 222 g/mol. The van der Waals surface area contributed by atoms with Crippen LogP contribution < -0.4 is 10.9 Å². The lowest BCUT2D eigenvalue weighted by molar-refractivity contribution is -0.115. The van der Waals surface area contributed by atoms with E-state index < -0.39 is 5.63 Å². The molecule has 2 N–H and O–H groups in total. The van der Waals surface area contributed by atoms with E-state index in [2.05, 4.69) is 5.32 Å². The largest absolute Gasteiger partial charge is 0.507 e. The van der Waals surface area contributed by atoms with Gasteiger partial charge in [-0.05, 0) is 12.1 Å². The third-order valence-corrected chi connectivity index (χ3v) is 2.33. The summed E-state index contributed by atoms with van der Waals surface area (Å²) in [7, 11) is 0. The predicted molar refractivity (Wildman–Crippen MR) is 63.1 cm³/mol. The molecule has 0 aliphatic heterocycles. The number of fused-ring (bicyclic) bond motifs is 1. The number of benzene rings is 1. The summed E-state index contributed by atoms with van der Waals surface area (Å²) in [5.74, 6) is -0.267. The molecule has 0 bridgehead atoms. The van der Waals surface area contributed by atoms with Gasteiger partial charge in [0.05, 0.1) is 11.5 Å². The fraction of sp³-hybridized carbons (Fsp3) is 0.167. The van der Waals surface area contributed by atoms with Crippen molar-refractivity contribution < 1.29 is 14.3 Å². The van der Waals surface area contributed by atoms with Gasteiger partial charge in [-0.25, -0.2) is 4.79 Å². The summed E-state index contributed by atoms with van der Waals surface area (Å²) in [6.45, 7) is 1.74. The van der Waals surface area contributed by atoms with Gasteiger partial charge in [0.1, 0.15) is 11.3 Å². The van der Waals surface area contributed by atoms with Crippen LogP contribution in [0.3, 0.4) is 0 Å². The van der Waals surface area contributed by atoms with Gasteiger partial charge in [0.25, 0.3) is 0 Å². The molecular formula is C12H11NO4. The number of hydrogen-bond acceptors (Lipinski definition) is 4. The first-order chi connectivity index (χ1) is 8.10. The molecule has 5 heteroatoms. The van der Waals surface area contributed by atoms with E-state index in [1.54, 1.807) is 19.1 Å². The number of anilines is 1. The second-order valence-corrected chi connectivity index (χ2v) is 3.56. The molecule has 0 radical (unpaired) electrons. The molecule has 0 aliphatic carbocycles. The fourth-order valence-corrected chi connectivity index (χ4v) is 1.47. The predicted octanol–water partition coefficient (Wildman–Crippen LogP) is 1.85. The van der Waals surface area contributed by atoms with E-state index in [9.17, 15) is 14.7 Å². The van der Waals surface area contributed by atoms with Crippen LogP contribution >= 0.6 is 0 Å². The average molecular weight is 233 g/mol. The van der Waals surface area contributed by atoms with E-state index in [4.69, 9.17) is 4.42 Å². The van der Waals surface area contributed by atoms with Gasteiger partial charge in [-0.15, -0.1) is 0 Å². The van der Waals surface area contributed by atoms with Crippen molar-refractivity contribution in [3.8, 4) is 5.75 Å². The number of amides is 1. The molecule has 0 aliphatic rings. The maximum atomic E-state index is 11.2. The Kier molecular flexibility index (Phi) is 2.82. The first-order valence-corrected chi connectivity index (χ1v) is 5.17. The highest BCUT2D eigenvalue weighted by molar-refractivity contribution is 5.93. The van der Waals surface area contributed by atoms with Crippen LogP contribution in [0.4, 0.5) is 5.69 Å². The third kappa shape index (κ3) is 2.28. The highest BCUT2D eigenvalue weighted by atomic mass is 16.4. The molecule has 17 heavy (non-hydrogen) atoms. The summed E-state index contributed by atoms with van der Waals surface area (Å²) < 4.78 is 4.93. The highest BCUT2D eigenvalue weighted by Crippen LogP contribution is 2.25. The Morgan fingerprint density at radius 2 is 2.18 bits per heavy atom. The first-order valence-electron chi connectivity index (χ1n) is 5.17. The zero-order valence-corrected chi connectivity index (χ0v) is 9.19. The number of nitrogens with one attached hydrogen (secondary N) is 1. The summed E-state index contributed by atoms with van der Waals surface area (Å²) in [5.41, 5.74) is 0.135. The Morgan fingerprint density at radius 1 is 1.41 bits per heavy atom. The maximum absolute atomic E-state index is 11.2. The van der Waals surface area contributed by atoms with E-state index in [-0.39, 0.29) is 17.2 Å². The van der Waals surface area contributed by atoms with Crippen LogP contribution in [0, 0.1) is 0 Å². The molecule has 5 nitrogen and oxygen atoms in total. The Bertz CT molecular complexity index is 630. The van der Waals surface area contributed by atoms with Crippen molar-refractivity contribution in [2.45, 2.75) is 13.3 Å². The zero-order valence-electron chi connectivity index (χ0n) is 9.19. The van der Waals surface area contributed by atoms with Crippen LogP contribution in [-0.2, 0) is 4.79 Å². The summed E-state index contributed by atoms with van der Waals surface area (Å²) in [5, 5.41) is 12.6. The maximum Gasteiger partial charge on any atom is 0.339 e. The third-order valence-electron chi connectivity index (χ3n) is 2.33.